The molecule has 4 aliphatic rings. The maximum absolute atomic E-state index is 14.0. The van der Waals surface area contributed by atoms with Gasteiger partial charge in [0.1, 0.15) is 12.4 Å². The molecule has 1 saturated carbocycles. The number of ether oxygens (including phenoxy) is 1. The van der Waals surface area contributed by atoms with Crippen molar-refractivity contribution in [3.8, 4) is 0 Å². The molecule has 0 aromatic heterocycles. The molecular formula is C30H40N2O4. The minimum Gasteiger partial charge on any atom is -0.380 e. The topological polar surface area (TPSA) is 60.0 Å². The van der Waals surface area contributed by atoms with Gasteiger partial charge in [0.05, 0.1) is 6.61 Å². The van der Waals surface area contributed by atoms with Crippen LogP contribution in [-0.4, -0.2) is 56.6 Å². The van der Waals surface area contributed by atoms with Crippen LogP contribution in [0.2, 0.25) is 0 Å². The van der Waals surface area contributed by atoms with Gasteiger partial charge in [0.25, 0.3) is 0 Å². The summed E-state index contributed by atoms with van der Waals surface area (Å²) in [5, 5.41) is 3.58. The minimum absolute atomic E-state index is 0.0911. The largest absolute Gasteiger partial charge is 0.380 e. The molecule has 2 atom stereocenters. The zero-order chi connectivity index (χ0) is 24.7. The van der Waals surface area contributed by atoms with E-state index in [0.717, 1.165) is 68.7 Å². The maximum atomic E-state index is 14.0. The second-order valence-corrected chi connectivity index (χ2v) is 10.5. The standard InChI is InChI=1S/C30H40N2O4/c1-34-20-23-11-5-6-12-24(23)26(30(33)22-9-3-2-4-10-22)15-17-32-18-16-31-19-28(32)27-21-35-36-29-14-8-7-13-25(27)29/h5-8,11-12,14,22,26,28,31H,2-4,9-10,13,15-21H2,1H3. The van der Waals surface area contributed by atoms with Crippen LogP contribution in [0.1, 0.15) is 62.0 Å². The summed E-state index contributed by atoms with van der Waals surface area (Å²) >= 11 is 0. The first-order chi connectivity index (χ1) is 17.8. The van der Waals surface area contributed by atoms with Gasteiger partial charge in [-0.15, -0.1) is 0 Å². The molecule has 1 aromatic rings. The molecule has 0 spiro atoms. The Morgan fingerprint density at radius 3 is 2.94 bits per heavy atom. The Balaban J connectivity index is 1.38. The van der Waals surface area contributed by atoms with Crippen molar-refractivity contribution in [2.75, 3.05) is 39.9 Å². The fourth-order valence-corrected chi connectivity index (χ4v) is 6.39. The van der Waals surface area contributed by atoms with E-state index in [2.05, 4.69) is 40.6 Å². The molecule has 0 bridgehead atoms. The normalized spacial score (nSPS) is 24.1. The second-order valence-electron chi connectivity index (χ2n) is 10.5. The number of ketones is 1. The van der Waals surface area contributed by atoms with E-state index in [1.807, 2.05) is 12.2 Å². The van der Waals surface area contributed by atoms with Crippen molar-refractivity contribution in [1.82, 2.24) is 10.2 Å². The summed E-state index contributed by atoms with van der Waals surface area (Å²) in [7, 11) is 1.73. The molecule has 0 radical (unpaired) electrons. The van der Waals surface area contributed by atoms with Crippen LogP contribution >= 0.6 is 0 Å². The van der Waals surface area contributed by atoms with Gasteiger partial charge in [-0.1, -0.05) is 55.7 Å². The van der Waals surface area contributed by atoms with E-state index in [4.69, 9.17) is 14.5 Å². The first kappa shape index (κ1) is 25.4. The molecule has 0 amide bonds. The van der Waals surface area contributed by atoms with Crippen LogP contribution in [-0.2, 0) is 25.9 Å². The zero-order valence-corrected chi connectivity index (χ0v) is 21.5. The molecule has 1 aromatic carbocycles. The van der Waals surface area contributed by atoms with Gasteiger partial charge in [0.15, 0.2) is 5.76 Å². The van der Waals surface area contributed by atoms with Crippen LogP contribution < -0.4 is 5.32 Å². The summed E-state index contributed by atoms with van der Waals surface area (Å²) in [4.78, 5) is 27.5. The number of fused-ring (bicyclic) bond motifs is 1. The summed E-state index contributed by atoms with van der Waals surface area (Å²) in [5.74, 6) is 1.37. The number of allylic oxidation sites excluding steroid dienone is 4. The third kappa shape index (κ3) is 5.67. The van der Waals surface area contributed by atoms with Gasteiger partial charge >= 0.3 is 0 Å². The van der Waals surface area contributed by atoms with Gasteiger partial charge in [-0.3, -0.25) is 9.69 Å². The van der Waals surface area contributed by atoms with E-state index in [0.29, 0.717) is 19.0 Å². The molecule has 2 heterocycles. The number of rotatable bonds is 9. The van der Waals surface area contributed by atoms with Gasteiger partial charge < -0.3 is 14.9 Å². The van der Waals surface area contributed by atoms with Crippen LogP contribution in [0.5, 0.6) is 0 Å². The lowest BCUT2D eigenvalue weighted by molar-refractivity contribution is -0.260. The highest BCUT2D eigenvalue weighted by molar-refractivity contribution is 5.88. The number of piperazine rings is 1. The number of benzene rings is 1. The Morgan fingerprint density at radius 1 is 1.22 bits per heavy atom. The highest BCUT2D eigenvalue weighted by Crippen LogP contribution is 2.36. The number of carbonyl (C=O) groups is 1. The SMILES string of the molecule is COCc1ccccc1C(CCN1CCNCC1C1=C2CC=CC=C2OOC1)C(=O)C1CCCCC1. The molecule has 2 aliphatic heterocycles. The Bertz CT molecular complexity index is 1010. The number of Topliss-reactive ketones (excluding diaryl/α,β-unsaturated/α-hetero) is 1. The molecular weight excluding hydrogens is 452 g/mol. The molecule has 194 valence electrons. The molecule has 1 N–H and O–H groups in total. The summed E-state index contributed by atoms with van der Waals surface area (Å²) in [5.41, 5.74) is 4.85. The van der Waals surface area contributed by atoms with Crippen LogP contribution in [0.3, 0.4) is 0 Å². The second kappa shape index (κ2) is 12.3. The van der Waals surface area contributed by atoms with Crippen molar-refractivity contribution < 1.29 is 19.3 Å². The molecule has 2 fully saturated rings. The molecule has 1 saturated heterocycles. The van der Waals surface area contributed by atoms with Crippen molar-refractivity contribution in [1.29, 1.82) is 0 Å². The Kier molecular flexibility index (Phi) is 8.70. The van der Waals surface area contributed by atoms with Gasteiger partial charge in [-0.05, 0) is 55.0 Å². The zero-order valence-electron chi connectivity index (χ0n) is 21.5. The average Bonchev–Trinajstić information content (AvgIpc) is 2.94. The van der Waals surface area contributed by atoms with Crippen molar-refractivity contribution >= 4 is 5.78 Å². The predicted molar refractivity (Wildman–Crippen MR) is 140 cm³/mol. The monoisotopic (exact) mass is 492 g/mol. The predicted octanol–water partition coefficient (Wildman–Crippen LogP) is 4.83. The summed E-state index contributed by atoms with van der Waals surface area (Å²) in [6, 6.07) is 8.63. The van der Waals surface area contributed by atoms with Crippen LogP contribution in [0.4, 0.5) is 0 Å². The Labute approximate surface area is 215 Å². The lowest BCUT2D eigenvalue weighted by atomic mass is 9.77. The number of nitrogens with zero attached hydrogens (tertiary/aromatic N) is 1. The summed E-state index contributed by atoms with van der Waals surface area (Å²) in [6.07, 6.45) is 13.6. The number of carbonyl (C=O) groups excluding carboxylic acids is 1. The van der Waals surface area contributed by atoms with E-state index in [1.165, 1.54) is 30.4 Å². The van der Waals surface area contributed by atoms with Gasteiger partial charge in [-0.25, -0.2) is 0 Å². The number of hydrogen-bond acceptors (Lipinski definition) is 6. The summed E-state index contributed by atoms with van der Waals surface area (Å²) < 4.78 is 5.51. The van der Waals surface area contributed by atoms with Crippen molar-refractivity contribution in [3.05, 3.63) is 70.5 Å². The number of methoxy groups -OCH3 is 1. The van der Waals surface area contributed by atoms with Crippen molar-refractivity contribution in [2.24, 2.45) is 5.92 Å². The maximum Gasteiger partial charge on any atom is 0.169 e. The molecule has 36 heavy (non-hydrogen) atoms. The van der Waals surface area contributed by atoms with Gasteiger partial charge in [0.2, 0.25) is 0 Å². The Hall–Kier alpha value is -2.25. The van der Waals surface area contributed by atoms with Gasteiger partial charge in [-0.2, -0.15) is 4.89 Å². The molecule has 5 rings (SSSR count). The fraction of sp³-hybridized carbons (Fsp3) is 0.567. The lowest BCUT2D eigenvalue weighted by Crippen LogP contribution is -2.53. The first-order valence-corrected chi connectivity index (χ1v) is 13.7. The van der Waals surface area contributed by atoms with Crippen LogP contribution in [0.25, 0.3) is 0 Å². The molecule has 2 aliphatic carbocycles. The Morgan fingerprint density at radius 2 is 2.08 bits per heavy atom. The molecule has 2 unspecified atom stereocenters. The van der Waals surface area contributed by atoms with Crippen molar-refractivity contribution in [2.45, 2.75) is 63.5 Å². The van der Waals surface area contributed by atoms with Crippen molar-refractivity contribution in [3.63, 3.8) is 0 Å². The highest BCUT2D eigenvalue weighted by Gasteiger charge is 2.35. The highest BCUT2D eigenvalue weighted by atomic mass is 17.2. The number of nitrogens with one attached hydrogen (secondary N) is 1. The minimum atomic E-state index is -0.0911. The van der Waals surface area contributed by atoms with Crippen LogP contribution in [0.15, 0.2) is 59.4 Å². The van der Waals surface area contributed by atoms with E-state index in [-0.39, 0.29) is 17.9 Å². The van der Waals surface area contributed by atoms with E-state index in [9.17, 15) is 4.79 Å². The molecule has 6 nitrogen and oxygen atoms in total. The van der Waals surface area contributed by atoms with E-state index < -0.39 is 0 Å². The van der Waals surface area contributed by atoms with E-state index >= 15 is 0 Å². The van der Waals surface area contributed by atoms with Crippen LogP contribution in [0, 0.1) is 5.92 Å². The smallest absolute Gasteiger partial charge is 0.169 e. The summed E-state index contributed by atoms with van der Waals surface area (Å²) in [6.45, 7) is 4.72. The molecule has 6 heteroatoms. The quantitative estimate of drug-likeness (QED) is 0.498. The number of hydrogen-bond donors (Lipinski definition) is 1. The van der Waals surface area contributed by atoms with Gasteiger partial charge in [0, 0.05) is 50.2 Å². The third-order valence-corrected chi connectivity index (χ3v) is 8.30. The fourth-order valence-electron chi connectivity index (χ4n) is 6.39. The lowest BCUT2D eigenvalue weighted by Gasteiger charge is -2.40. The van der Waals surface area contributed by atoms with E-state index in [1.54, 1.807) is 7.11 Å². The third-order valence-electron chi connectivity index (χ3n) is 8.30. The first-order valence-electron chi connectivity index (χ1n) is 13.7. The average molecular weight is 493 g/mol.